The third kappa shape index (κ3) is 4.89. The Hall–Kier alpha value is -2.21. The van der Waals surface area contributed by atoms with Crippen LogP contribution in [0.25, 0.3) is 6.08 Å². The summed E-state index contributed by atoms with van der Waals surface area (Å²) < 4.78 is 5.03. The van der Waals surface area contributed by atoms with Crippen molar-refractivity contribution in [2.75, 3.05) is 13.7 Å². The highest BCUT2D eigenvalue weighted by Crippen LogP contribution is 2.09. The predicted octanol–water partition coefficient (Wildman–Crippen LogP) is 0.944. The molecule has 0 aliphatic heterocycles. The summed E-state index contributed by atoms with van der Waals surface area (Å²) in [5.74, 6) is -1.38. The first kappa shape index (κ1) is 14.8. The van der Waals surface area contributed by atoms with Gasteiger partial charge in [0.1, 0.15) is 0 Å². The highest BCUT2D eigenvalue weighted by molar-refractivity contribution is 5.98. The minimum absolute atomic E-state index is 0.0937. The Morgan fingerprint density at radius 1 is 1.58 bits per heavy atom. The molecule has 0 fully saturated rings. The van der Waals surface area contributed by atoms with Crippen LogP contribution in [0.2, 0.25) is 0 Å². The van der Waals surface area contributed by atoms with Crippen LogP contribution in [-0.2, 0) is 9.53 Å². The van der Waals surface area contributed by atoms with E-state index in [4.69, 9.17) is 9.84 Å². The highest BCUT2D eigenvalue weighted by atomic mass is 16.5. The van der Waals surface area contributed by atoms with Crippen LogP contribution in [0.4, 0.5) is 0 Å². The molecule has 0 aliphatic rings. The summed E-state index contributed by atoms with van der Waals surface area (Å²) in [4.78, 5) is 26.3. The van der Waals surface area contributed by atoms with Crippen molar-refractivity contribution in [1.82, 2.24) is 10.3 Å². The molecular weight excluding hydrogens is 248 g/mol. The number of nitrogens with zero attached hydrogens (tertiary/aromatic N) is 1. The van der Waals surface area contributed by atoms with E-state index in [1.165, 1.54) is 24.5 Å². The van der Waals surface area contributed by atoms with E-state index >= 15 is 0 Å². The molecule has 0 aromatic carbocycles. The van der Waals surface area contributed by atoms with E-state index < -0.39 is 5.97 Å². The number of carboxylic acids is 1. The molecule has 1 rings (SSSR count). The maximum Gasteiger partial charge on any atom is 0.328 e. The first-order valence-corrected chi connectivity index (χ1v) is 5.70. The van der Waals surface area contributed by atoms with Crippen molar-refractivity contribution in [2.45, 2.75) is 13.0 Å². The number of pyridine rings is 1. The van der Waals surface area contributed by atoms with E-state index in [1.807, 2.05) is 6.92 Å². The van der Waals surface area contributed by atoms with E-state index in [0.717, 1.165) is 6.08 Å². The van der Waals surface area contributed by atoms with Gasteiger partial charge in [0.25, 0.3) is 5.91 Å². The molecule has 0 saturated heterocycles. The fourth-order valence-electron chi connectivity index (χ4n) is 1.32. The van der Waals surface area contributed by atoms with Gasteiger partial charge in [0.05, 0.1) is 6.10 Å². The van der Waals surface area contributed by atoms with Crippen LogP contribution in [0.3, 0.4) is 0 Å². The molecule has 102 valence electrons. The number of aromatic nitrogens is 1. The minimum atomic E-state index is -1.08. The van der Waals surface area contributed by atoms with Gasteiger partial charge in [-0.3, -0.25) is 9.78 Å². The van der Waals surface area contributed by atoms with Crippen molar-refractivity contribution in [1.29, 1.82) is 0 Å². The molecule has 0 saturated carbocycles. The molecule has 6 heteroatoms. The molecule has 2 N–H and O–H groups in total. The molecule has 1 aromatic heterocycles. The number of carbonyl (C=O) groups is 2. The topological polar surface area (TPSA) is 88.5 Å². The second kappa shape index (κ2) is 7.27. The lowest BCUT2D eigenvalue weighted by molar-refractivity contribution is -0.131. The zero-order valence-electron chi connectivity index (χ0n) is 10.8. The maximum absolute atomic E-state index is 12.0. The first-order chi connectivity index (χ1) is 9.04. The van der Waals surface area contributed by atoms with Crippen molar-refractivity contribution in [2.24, 2.45) is 0 Å². The SMILES string of the molecule is COC(C)CNC(=O)c1ccncc1/C=C/C(=O)O. The van der Waals surface area contributed by atoms with E-state index in [9.17, 15) is 9.59 Å². The Morgan fingerprint density at radius 2 is 2.32 bits per heavy atom. The number of amides is 1. The standard InChI is InChI=1S/C13H16N2O4/c1-9(19-2)7-15-13(18)11-5-6-14-8-10(11)3-4-12(16)17/h3-6,8-9H,7H2,1-2H3,(H,15,18)(H,16,17)/b4-3+. The molecule has 0 radical (unpaired) electrons. The summed E-state index contributed by atoms with van der Waals surface area (Å²) in [6.07, 6.45) is 5.12. The summed E-state index contributed by atoms with van der Waals surface area (Å²) in [7, 11) is 1.56. The van der Waals surface area contributed by atoms with Gasteiger partial charge in [-0.1, -0.05) is 0 Å². The van der Waals surface area contributed by atoms with Crippen LogP contribution in [0, 0.1) is 0 Å². The zero-order chi connectivity index (χ0) is 14.3. The number of hydrogen-bond acceptors (Lipinski definition) is 4. The number of aliphatic carboxylic acids is 1. The number of hydrogen-bond donors (Lipinski definition) is 2. The third-order valence-electron chi connectivity index (χ3n) is 2.45. The lowest BCUT2D eigenvalue weighted by Gasteiger charge is -2.11. The molecule has 1 amide bonds. The van der Waals surface area contributed by atoms with Crippen LogP contribution >= 0.6 is 0 Å². The Balaban J connectivity index is 2.82. The second-order valence-electron chi connectivity index (χ2n) is 3.89. The van der Waals surface area contributed by atoms with Gasteiger partial charge in [0, 0.05) is 43.3 Å². The Labute approximate surface area is 111 Å². The van der Waals surface area contributed by atoms with Crippen LogP contribution in [-0.4, -0.2) is 41.7 Å². The van der Waals surface area contributed by atoms with E-state index in [1.54, 1.807) is 7.11 Å². The van der Waals surface area contributed by atoms with E-state index in [-0.39, 0.29) is 12.0 Å². The molecule has 19 heavy (non-hydrogen) atoms. The van der Waals surface area contributed by atoms with E-state index in [2.05, 4.69) is 10.3 Å². The monoisotopic (exact) mass is 264 g/mol. The Bertz CT molecular complexity index is 485. The molecule has 0 bridgehead atoms. The van der Waals surface area contributed by atoms with Crippen molar-refractivity contribution in [3.05, 3.63) is 35.7 Å². The summed E-state index contributed by atoms with van der Waals surface area (Å²) in [5, 5.41) is 11.3. The van der Waals surface area contributed by atoms with Gasteiger partial charge in [0.15, 0.2) is 0 Å². The smallest absolute Gasteiger partial charge is 0.328 e. The lowest BCUT2D eigenvalue weighted by atomic mass is 10.1. The van der Waals surface area contributed by atoms with Crippen LogP contribution in [0.1, 0.15) is 22.8 Å². The normalized spacial score (nSPS) is 12.3. The number of methoxy groups -OCH3 is 1. The van der Waals surface area contributed by atoms with Gasteiger partial charge < -0.3 is 15.2 Å². The largest absolute Gasteiger partial charge is 0.478 e. The van der Waals surface area contributed by atoms with Gasteiger partial charge in [-0.25, -0.2) is 4.79 Å². The van der Waals surface area contributed by atoms with Gasteiger partial charge in [-0.05, 0) is 19.1 Å². The first-order valence-electron chi connectivity index (χ1n) is 5.70. The van der Waals surface area contributed by atoms with Crippen molar-refractivity contribution in [3.63, 3.8) is 0 Å². The van der Waals surface area contributed by atoms with Crippen LogP contribution in [0.15, 0.2) is 24.5 Å². The zero-order valence-corrected chi connectivity index (χ0v) is 10.8. The summed E-state index contributed by atoms with van der Waals surface area (Å²) >= 11 is 0. The number of carboxylic acid groups (broad SMARTS) is 1. The summed E-state index contributed by atoms with van der Waals surface area (Å²) in [5.41, 5.74) is 0.822. The molecule has 1 unspecified atom stereocenters. The molecular formula is C13H16N2O4. The molecule has 0 spiro atoms. The second-order valence-corrected chi connectivity index (χ2v) is 3.89. The highest BCUT2D eigenvalue weighted by Gasteiger charge is 2.10. The lowest BCUT2D eigenvalue weighted by Crippen LogP contribution is -2.31. The number of ether oxygens (including phenoxy) is 1. The maximum atomic E-state index is 12.0. The third-order valence-corrected chi connectivity index (χ3v) is 2.45. The fraction of sp³-hybridized carbons (Fsp3) is 0.308. The number of rotatable bonds is 6. The summed E-state index contributed by atoms with van der Waals surface area (Å²) in [6, 6.07) is 1.54. The quantitative estimate of drug-likeness (QED) is 0.747. The van der Waals surface area contributed by atoms with Crippen molar-refractivity contribution < 1.29 is 19.4 Å². The summed E-state index contributed by atoms with van der Waals surface area (Å²) in [6.45, 7) is 2.21. The minimum Gasteiger partial charge on any atom is -0.478 e. The van der Waals surface area contributed by atoms with Crippen molar-refractivity contribution in [3.8, 4) is 0 Å². The molecule has 1 aromatic rings. The van der Waals surface area contributed by atoms with Gasteiger partial charge in [-0.15, -0.1) is 0 Å². The van der Waals surface area contributed by atoms with Crippen molar-refractivity contribution >= 4 is 18.0 Å². The molecule has 0 aliphatic carbocycles. The van der Waals surface area contributed by atoms with E-state index in [0.29, 0.717) is 17.7 Å². The van der Waals surface area contributed by atoms with Crippen LogP contribution < -0.4 is 5.32 Å². The predicted molar refractivity (Wildman–Crippen MR) is 69.7 cm³/mol. The average Bonchev–Trinajstić information content (AvgIpc) is 2.42. The average molecular weight is 264 g/mol. The van der Waals surface area contributed by atoms with Gasteiger partial charge >= 0.3 is 5.97 Å². The molecule has 1 heterocycles. The van der Waals surface area contributed by atoms with Gasteiger partial charge in [-0.2, -0.15) is 0 Å². The number of nitrogens with one attached hydrogen (secondary N) is 1. The van der Waals surface area contributed by atoms with Gasteiger partial charge in [0.2, 0.25) is 0 Å². The number of carbonyl (C=O) groups excluding carboxylic acids is 1. The van der Waals surface area contributed by atoms with Crippen LogP contribution in [0.5, 0.6) is 0 Å². The molecule has 6 nitrogen and oxygen atoms in total. The Morgan fingerprint density at radius 3 is 2.95 bits per heavy atom. The fourth-order valence-corrected chi connectivity index (χ4v) is 1.32. The molecule has 1 atom stereocenters. The Kier molecular flexibility index (Phi) is 5.69.